The molecule has 1 saturated heterocycles. The minimum atomic E-state index is -4.53. The molecule has 1 aromatic carbocycles. The van der Waals surface area contributed by atoms with Gasteiger partial charge in [-0.1, -0.05) is 12.5 Å². The molecule has 0 saturated carbocycles. The Hall–Kier alpha value is -1.11. The second-order valence-corrected chi connectivity index (χ2v) is 6.15. The van der Waals surface area contributed by atoms with E-state index in [-0.39, 0.29) is 18.4 Å². The van der Waals surface area contributed by atoms with Gasteiger partial charge in [-0.3, -0.25) is 4.90 Å². The summed E-state index contributed by atoms with van der Waals surface area (Å²) in [5.41, 5.74) is -0.494. The molecule has 1 aliphatic heterocycles. The Kier molecular flexibility index (Phi) is 8.89. The Balaban J connectivity index is 0.00000312. The molecule has 1 aliphatic rings. The lowest BCUT2D eigenvalue weighted by atomic mass is 9.96. The number of hydrogen-bond donors (Lipinski definition) is 1. The van der Waals surface area contributed by atoms with E-state index < -0.39 is 17.6 Å². The number of halogens is 5. The Morgan fingerprint density at radius 1 is 1.16 bits per heavy atom. The van der Waals surface area contributed by atoms with Crippen LogP contribution in [0.5, 0.6) is 0 Å². The minimum Gasteiger partial charge on any atom is -0.314 e. The molecule has 0 bridgehead atoms. The zero-order chi connectivity index (χ0) is 17.6. The van der Waals surface area contributed by atoms with Crippen molar-refractivity contribution in [2.24, 2.45) is 0 Å². The summed E-state index contributed by atoms with van der Waals surface area (Å²) < 4.78 is 52.8. The first kappa shape index (κ1) is 21.9. The third-order valence-corrected chi connectivity index (χ3v) is 4.36. The number of hydrogen-bond acceptors (Lipinski definition) is 2. The monoisotopic (exact) mass is 380 g/mol. The van der Waals surface area contributed by atoms with Gasteiger partial charge in [-0.25, -0.2) is 4.39 Å². The summed E-state index contributed by atoms with van der Waals surface area (Å²) in [7, 11) is 0. The van der Waals surface area contributed by atoms with Crippen LogP contribution in [0.3, 0.4) is 0 Å². The number of benzene rings is 1. The van der Waals surface area contributed by atoms with Gasteiger partial charge in [0.1, 0.15) is 5.82 Å². The lowest BCUT2D eigenvalue weighted by molar-refractivity contribution is -0.137. The molecule has 142 valence electrons. The number of nitrogens with zero attached hydrogens (tertiary/aromatic N) is 1. The molecule has 0 spiro atoms. The Bertz CT molecular complexity index is 542. The quantitative estimate of drug-likeness (QED) is 0.408. The molecule has 0 unspecified atom stereocenters. The van der Waals surface area contributed by atoms with Gasteiger partial charge in [0, 0.05) is 32.2 Å². The smallest absolute Gasteiger partial charge is 0.314 e. The minimum absolute atomic E-state index is 0. The molecule has 0 amide bonds. The van der Waals surface area contributed by atoms with Crippen LogP contribution in [0.2, 0.25) is 0 Å². The lowest BCUT2D eigenvalue weighted by Gasteiger charge is -2.35. The predicted molar refractivity (Wildman–Crippen MR) is 94.5 cm³/mol. The Morgan fingerprint density at radius 3 is 2.44 bits per heavy atom. The second kappa shape index (κ2) is 10.1. The average Bonchev–Trinajstić information content (AvgIpc) is 2.54. The van der Waals surface area contributed by atoms with Crippen molar-refractivity contribution in [3.05, 3.63) is 47.8 Å². The number of allylic oxidation sites excluding steroid dienone is 1. The molecular formula is C18H25ClF4N2. The van der Waals surface area contributed by atoms with Crippen LogP contribution in [0, 0.1) is 5.82 Å². The molecule has 1 aromatic rings. The topological polar surface area (TPSA) is 15.3 Å². The maximum Gasteiger partial charge on any atom is 0.416 e. The van der Waals surface area contributed by atoms with Crippen molar-refractivity contribution in [3.63, 3.8) is 0 Å². The van der Waals surface area contributed by atoms with Crippen molar-refractivity contribution in [3.8, 4) is 0 Å². The van der Waals surface area contributed by atoms with E-state index in [1.807, 2.05) is 6.08 Å². The van der Waals surface area contributed by atoms with Gasteiger partial charge in [0.15, 0.2) is 0 Å². The van der Waals surface area contributed by atoms with Crippen LogP contribution in [0.25, 0.3) is 0 Å². The molecule has 25 heavy (non-hydrogen) atoms. The van der Waals surface area contributed by atoms with E-state index in [4.69, 9.17) is 0 Å². The third kappa shape index (κ3) is 6.60. The molecule has 0 aromatic heterocycles. The van der Waals surface area contributed by atoms with Crippen molar-refractivity contribution >= 4 is 12.4 Å². The Labute approximate surface area is 152 Å². The number of alkyl halides is 3. The van der Waals surface area contributed by atoms with Gasteiger partial charge >= 0.3 is 6.18 Å². The van der Waals surface area contributed by atoms with E-state index >= 15 is 0 Å². The number of nitrogens with one attached hydrogen (secondary N) is 1. The highest BCUT2D eigenvalue weighted by Crippen LogP contribution is 2.34. The summed E-state index contributed by atoms with van der Waals surface area (Å²) in [6.07, 6.45) is 0.712. The van der Waals surface area contributed by atoms with Crippen LogP contribution in [0.15, 0.2) is 30.9 Å². The second-order valence-electron chi connectivity index (χ2n) is 6.15. The first-order chi connectivity index (χ1) is 11.4. The van der Waals surface area contributed by atoms with Gasteiger partial charge in [0.05, 0.1) is 5.56 Å². The van der Waals surface area contributed by atoms with Gasteiger partial charge in [0.2, 0.25) is 0 Å². The summed E-state index contributed by atoms with van der Waals surface area (Å²) in [6.45, 7) is 6.78. The van der Waals surface area contributed by atoms with Gasteiger partial charge in [-0.15, -0.1) is 19.0 Å². The molecule has 1 heterocycles. The molecular weight excluding hydrogens is 356 g/mol. The fourth-order valence-corrected chi connectivity index (χ4v) is 3.15. The number of piperazine rings is 1. The summed E-state index contributed by atoms with van der Waals surface area (Å²) in [5, 5.41) is 3.24. The number of unbranched alkanes of at least 4 members (excludes halogenated alkanes) is 2. The van der Waals surface area contributed by atoms with Crippen molar-refractivity contribution in [1.82, 2.24) is 10.2 Å². The van der Waals surface area contributed by atoms with Crippen LogP contribution < -0.4 is 5.32 Å². The molecule has 7 heteroatoms. The fourth-order valence-electron chi connectivity index (χ4n) is 3.15. The van der Waals surface area contributed by atoms with Gasteiger partial charge in [-0.05, 0) is 43.0 Å². The molecule has 1 fully saturated rings. The summed E-state index contributed by atoms with van der Waals surface area (Å²) in [5.74, 6) is -0.828. The van der Waals surface area contributed by atoms with Crippen LogP contribution in [-0.4, -0.2) is 31.1 Å². The zero-order valence-corrected chi connectivity index (χ0v) is 14.9. The molecule has 2 nitrogen and oxygen atoms in total. The van der Waals surface area contributed by atoms with Crippen LogP contribution in [-0.2, 0) is 6.18 Å². The first-order valence-corrected chi connectivity index (χ1v) is 8.35. The van der Waals surface area contributed by atoms with Crippen LogP contribution in [0.4, 0.5) is 17.6 Å². The van der Waals surface area contributed by atoms with Crippen LogP contribution in [0.1, 0.15) is 42.9 Å². The maximum absolute atomic E-state index is 13.8. The van der Waals surface area contributed by atoms with Gasteiger partial charge < -0.3 is 5.32 Å². The zero-order valence-electron chi connectivity index (χ0n) is 14.1. The molecule has 1 atom stereocenters. The molecule has 0 radical (unpaired) electrons. The van der Waals surface area contributed by atoms with Crippen LogP contribution >= 0.6 is 12.4 Å². The molecule has 2 rings (SSSR count). The van der Waals surface area contributed by atoms with E-state index in [2.05, 4.69) is 16.8 Å². The van der Waals surface area contributed by atoms with Crippen molar-refractivity contribution in [1.29, 1.82) is 0 Å². The SMILES string of the molecule is C=CCCCC[C@@H](c1cc(F)cc(C(F)(F)F)c1)N1CCNCC1.Cl. The summed E-state index contributed by atoms with van der Waals surface area (Å²) in [6, 6.07) is 2.73. The normalized spacial score (nSPS) is 17.0. The molecule has 0 aliphatic carbocycles. The van der Waals surface area contributed by atoms with E-state index in [9.17, 15) is 17.6 Å². The highest BCUT2D eigenvalue weighted by atomic mass is 35.5. The summed E-state index contributed by atoms with van der Waals surface area (Å²) >= 11 is 0. The fraction of sp³-hybridized carbons (Fsp3) is 0.556. The lowest BCUT2D eigenvalue weighted by Crippen LogP contribution is -2.45. The number of rotatable bonds is 7. The van der Waals surface area contributed by atoms with Gasteiger partial charge in [-0.2, -0.15) is 13.2 Å². The third-order valence-electron chi connectivity index (χ3n) is 4.36. The standard InChI is InChI=1S/C18H24F4N2.ClH/c1-2-3-4-5-6-17(24-9-7-23-8-10-24)14-11-15(18(20,21)22)13-16(19)12-14;/h2,11-13,17,23H,1,3-10H2;1H/t17-;/m0./s1. The Morgan fingerprint density at radius 2 is 1.84 bits per heavy atom. The van der Waals surface area contributed by atoms with Gasteiger partial charge in [0.25, 0.3) is 0 Å². The first-order valence-electron chi connectivity index (χ1n) is 8.35. The highest BCUT2D eigenvalue weighted by molar-refractivity contribution is 5.85. The summed E-state index contributed by atoms with van der Waals surface area (Å²) in [4.78, 5) is 2.15. The van der Waals surface area contributed by atoms with E-state index in [1.165, 1.54) is 6.07 Å². The van der Waals surface area contributed by atoms with Crippen molar-refractivity contribution in [2.75, 3.05) is 26.2 Å². The van der Waals surface area contributed by atoms with E-state index in [1.54, 1.807) is 0 Å². The predicted octanol–water partition coefficient (Wildman–Crippen LogP) is 4.96. The average molecular weight is 381 g/mol. The molecule has 1 N–H and O–H groups in total. The largest absolute Gasteiger partial charge is 0.416 e. The van der Waals surface area contributed by atoms with E-state index in [0.717, 1.165) is 51.5 Å². The van der Waals surface area contributed by atoms with Crippen molar-refractivity contribution in [2.45, 2.75) is 37.9 Å². The maximum atomic E-state index is 13.8. The van der Waals surface area contributed by atoms with E-state index in [0.29, 0.717) is 18.1 Å². The van der Waals surface area contributed by atoms with Crippen molar-refractivity contribution < 1.29 is 17.6 Å². The highest BCUT2D eigenvalue weighted by Gasteiger charge is 2.33.